The molecule has 1 aliphatic rings. The number of ether oxygens (including phenoxy) is 2. The normalized spacial score (nSPS) is 15.5. The van der Waals surface area contributed by atoms with Crippen LogP contribution in [0.25, 0.3) is 0 Å². The average Bonchev–Trinajstić information content (AvgIpc) is 2.74. The zero-order valence-corrected chi connectivity index (χ0v) is 17.4. The molecular weight excluding hydrogens is 356 g/mol. The minimum atomic E-state index is -0.0575. The van der Waals surface area contributed by atoms with Crippen LogP contribution in [0.15, 0.2) is 29.3 Å². The second-order valence-corrected chi connectivity index (χ2v) is 6.91. The lowest BCUT2D eigenvalue weighted by atomic mass is 10.1. The molecule has 0 atom stereocenters. The van der Waals surface area contributed by atoms with Gasteiger partial charge < -0.3 is 25.0 Å². The van der Waals surface area contributed by atoms with E-state index in [1.54, 1.807) is 14.2 Å². The third-order valence-corrected chi connectivity index (χ3v) is 4.91. The molecule has 2 N–H and O–H groups in total. The highest BCUT2D eigenvalue weighted by atomic mass is 16.5. The van der Waals surface area contributed by atoms with Gasteiger partial charge in [-0.05, 0) is 43.4 Å². The number of nitrogens with zero attached hydrogens (tertiary/aromatic N) is 2. The fourth-order valence-electron chi connectivity index (χ4n) is 3.35. The third kappa shape index (κ3) is 7.13. The maximum absolute atomic E-state index is 11.8. The Morgan fingerprint density at radius 1 is 1.29 bits per heavy atom. The van der Waals surface area contributed by atoms with Gasteiger partial charge in [-0.25, -0.2) is 0 Å². The van der Waals surface area contributed by atoms with Gasteiger partial charge in [0, 0.05) is 59.6 Å². The number of aliphatic imine (C=N–C) groups is 1. The smallest absolute Gasteiger partial charge is 0.251 e. The summed E-state index contributed by atoms with van der Waals surface area (Å²) in [5, 5.41) is 6.10. The third-order valence-electron chi connectivity index (χ3n) is 4.91. The van der Waals surface area contributed by atoms with E-state index in [1.165, 1.54) is 0 Å². The van der Waals surface area contributed by atoms with Crippen molar-refractivity contribution in [1.29, 1.82) is 0 Å². The van der Waals surface area contributed by atoms with E-state index in [9.17, 15) is 4.79 Å². The molecule has 28 heavy (non-hydrogen) atoms. The Labute approximate surface area is 168 Å². The zero-order chi connectivity index (χ0) is 20.2. The maximum atomic E-state index is 11.8. The summed E-state index contributed by atoms with van der Waals surface area (Å²) in [4.78, 5) is 18.5. The Bertz CT molecular complexity index is 628. The van der Waals surface area contributed by atoms with Crippen LogP contribution >= 0.6 is 0 Å². The van der Waals surface area contributed by atoms with E-state index in [4.69, 9.17) is 9.47 Å². The highest BCUT2D eigenvalue weighted by Gasteiger charge is 2.21. The van der Waals surface area contributed by atoms with Gasteiger partial charge in [0.05, 0.1) is 6.10 Å². The lowest BCUT2D eigenvalue weighted by molar-refractivity contribution is 0.00991. The number of nitrogens with one attached hydrogen (secondary N) is 2. The second kappa shape index (κ2) is 12.4. The van der Waals surface area contributed by atoms with Gasteiger partial charge in [-0.15, -0.1) is 0 Å². The van der Waals surface area contributed by atoms with E-state index in [-0.39, 0.29) is 5.91 Å². The zero-order valence-electron chi connectivity index (χ0n) is 17.4. The number of guanidine groups is 1. The number of amides is 1. The van der Waals surface area contributed by atoms with Gasteiger partial charge in [-0.3, -0.25) is 9.79 Å². The number of likely N-dealkylation sites (tertiary alicyclic amines) is 1. The van der Waals surface area contributed by atoms with E-state index in [0.29, 0.717) is 11.7 Å². The van der Waals surface area contributed by atoms with Gasteiger partial charge in [0.2, 0.25) is 0 Å². The van der Waals surface area contributed by atoms with E-state index in [2.05, 4.69) is 20.5 Å². The molecule has 0 bridgehead atoms. The van der Waals surface area contributed by atoms with E-state index < -0.39 is 0 Å². The molecule has 2 rings (SSSR count). The summed E-state index contributed by atoms with van der Waals surface area (Å²) in [5.74, 6) is 0.873. The molecule has 1 heterocycles. The first-order chi connectivity index (χ1) is 13.7. The van der Waals surface area contributed by atoms with E-state index >= 15 is 0 Å². The highest BCUT2D eigenvalue weighted by molar-refractivity contribution is 5.94. The topological polar surface area (TPSA) is 75.2 Å². The Morgan fingerprint density at radius 3 is 2.75 bits per heavy atom. The molecule has 1 aromatic carbocycles. The maximum Gasteiger partial charge on any atom is 0.251 e. The first kappa shape index (κ1) is 22.2. The Hall–Kier alpha value is -2.12. The van der Waals surface area contributed by atoms with Crippen LogP contribution in [0, 0.1) is 0 Å². The lowest BCUT2D eigenvalue weighted by Gasteiger charge is -2.34. The van der Waals surface area contributed by atoms with Gasteiger partial charge in [-0.1, -0.05) is 12.1 Å². The Morgan fingerprint density at radius 2 is 2.07 bits per heavy atom. The van der Waals surface area contributed by atoms with Crippen LogP contribution in [0.4, 0.5) is 0 Å². The molecule has 1 amide bonds. The van der Waals surface area contributed by atoms with Crippen LogP contribution < -0.4 is 10.6 Å². The van der Waals surface area contributed by atoms with Crippen molar-refractivity contribution in [2.75, 3.05) is 54.1 Å². The molecule has 156 valence electrons. The molecule has 0 aromatic heterocycles. The Balaban J connectivity index is 1.73. The van der Waals surface area contributed by atoms with Crippen LogP contribution in [0.5, 0.6) is 0 Å². The molecule has 1 aliphatic heterocycles. The molecule has 7 nitrogen and oxygen atoms in total. The van der Waals surface area contributed by atoms with Gasteiger partial charge in [0.1, 0.15) is 0 Å². The number of methoxy groups -OCH3 is 1. The minimum Gasteiger partial charge on any atom is -0.385 e. The van der Waals surface area contributed by atoms with Crippen LogP contribution in [0.2, 0.25) is 0 Å². The summed E-state index contributed by atoms with van der Waals surface area (Å²) in [6.07, 6.45) is 4.15. The number of piperidine rings is 1. The SMILES string of the molecule is CN=C(NCCc1cccc(C(=O)NC)c1)N1CCC(OCCCOC)CC1. The van der Waals surface area contributed by atoms with Crippen LogP contribution in [0.3, 0.4) is 0 Å². The summed E-state index contributed by atoms with van der Waals surface area (Å²) < 4.78 is 11.0. The molecule has 1 aromatic rings. The minimum absolute atomic E-state index is 0.0575. The molecule has 0 saturated carbocycles. The highest BCUT2D eigenvalue weighted by Crippen LogP contribution is 2.14. The fourth-order valence-corrected chi connectivity index (χ4v) is 3.35. The molecular formula is C21H34N4O3. The van der Waals surface area contributed by atoms with Crippen molar-refractivity contribution >= 4 is 11.9 Å². The van der Waals surface area contributed by atoms with Gasteiger partial charge in [0.25, 0.3) is 5.91 Å². The summed E-state index contributed by atoms with van der Waals surface area (Å²) in [5.41, 5.74) is 1.82. The van der Waals surface area contributed by atoms with Gasteiger partial charge in [-0.2, -0.15) is 0 Å². The number of benzene rings is 1. The number of carbonyl (C=O) groups excluding carboxylic acids is 1. The quantitative estimate of drug-likeness (QED) is 0.381. The number of carbonyl (C=O) groups is 1. The monoisotopic (exact) mass is 390 g/mol. The predicted molar refractivity (Wildman–Crippen MR) is 112 cm³/mol. The van der Waals surface area contributed by atoms with Crippen molar-refractivity contribution in [3.8, 4) is 0 Å². The summed E-state index contributed by atoms with van der Waals surface area (Å²) in [7, 11) is 5.19. The number of rotatable bonds is 9. The molecule has 0 aliphatic carbocycles. The lowest BCUT2D eigenvalue weighted by Crippen LogP contribution is -2.47. The van der Waals surface area contributed by atoms with Crippen molar-refractivity contribution in [3.05, 3.63) is 35.4 Å². The molecule has 0 spiro atoms. The number of hydrogen-bond acceptors (Lipinski definition) is 4. The molecule has 1 fully saturated rings. The molecule has 1 saturated heterocycles. The average molecular weight is 391 g/mol. The molecule has 7 heteroatoms. The first-order valence-corrected chi connectivity index (χ1v) is 10.0. The number of hydrogen-bond donors (Lipinski definition) is 2. The first-order valence-electron chi connectivity index (χ1n) is 10.0. The molecule has 0 unspecified atom stereocenters. The van der Waals surface area contributed by atoms with Crippen molar-refractivity contribution in [3.63, 3.8) is 0 Å². The van der Waals surface area contributed by atoms with Crippen LogP contribution in [0.1, 0.15) is 35.2 Å². The standard InChI is InChI=1S/C21H34N4O3/c1-22-20(26)18-7-4-6-17(16-18)8-11-24-21(23-2)25-12-9-19(10-13-25)28-15-5-14-27-3/h4,6-7,16,19H,5,8-15H2,1-3H3,(H,22,26)(H,23,24). The van der Waals surface area contributed by atoms with Crippen molar-refractivity contribution in [2.24, 2.45) is 4.99 Å². The second-order valence-electron chi connectivity index (χ2n) is 6.91. The van der Waals surface area contributed by atoms with Crippen molar-refractivity contribution in [1.82, 2.24) is 15.5 Å². The summed E-state index contributed by atoms with van der Waals surface area (Å²) in [6.45, 7) is 4.18. The van der Waals surface area contributed by atoms with Gasteiger partial charge in [0.15, 0.2) is 5.96 Å². The van der Waals surface area contributed by atoms with Crippen LogP contribution in [-0.4, -0.2) is 76.9 Å². The fraction of sp³-hybridized carbons (Fsp3) is 0.619. The van der Waals surface area contributed by atoms with Crippen LogP contribution in [-0.2, 0) is 15.9 Å². The summed E-state index contributed by atoms with van der Waals surface area (Å²) in [6, 6.07) is 7.74. The largest absolute Gasteiger partial charge is 0.385 e. The van der Waals surface area contributed by atoms with E-state index in [1.807, 2.05) is 31.3 Å². The van der Waals surface area contributed by atoms with Crippen molar-refractivity contribution in [2.45, 2.75) is 31.8 Å². The predicted octanol–water partition coefficient (Wildman–Crippen LogP) is 1.68. The molecule has 0 radical (unpaired) electrons. The summed E-state index contributed by atoms with van der Waals surface area (Å²) >= 11 is 0. The van der Waals surface area contributed by atoms with E-state index in [0.717, 1.165) is 70.1 Å². The van der Waals surface area contributed by atoms with Crippen molar-refractivity contribution < 1.29 is 14.3 Å². The Kier molecular flexibility index (Phi) is 9.79. The van der Waals surface area contributed by atoms with Gasteiger partial charge >= 0.3 is 0 Å².